The van der Waals surface area contributed by atoms with E-state index >= 15 is 8.63 Å². The number of fused-ring (bicyclic) bond motifs is 2. The summed E-state index contributed by atoms with van der Waals surface area (Å²) in [6.45, 7) is 0.666. The third-order valence-electron chi connectivity index (χ3n) is 10.5. The summed E-state index contributed by atoms with van der Waals surface area (Å²) in [4.78, 5) is 30.1. The van der Waals surface area contributed by atoms with E-state index in [9.17, 15) is 9.59 Å². The molecule has 10 nitrogen and oxygen atoms in total. The highest BCUT2D eigenvalue weighted by Crippen LogP contribution is 2.34. The Morgan fingerprint density at radius 1 is 0.825 bits per heavy atom. The van der Waals surface area contributed by atoms with E-state index in [0.717, 1.165) is 52.5 Å². The quantitative estimate of drug-likeness (QED) is 0.0688. The smallest absolute Gasteiger partial charge is 0.494 e. The Morgan fingerprint density at radius 2 is 1.65 bits per heavy atom. The third kappa shape index (κ3) is 10.4. The molecule has 2 aromatic heterocycles. The Morgan fingerprint density at radius 3 is 2.47 bits per heavy atom. The molecule has 5 heterocycles. The summed E-state index contributed by atoms with van der Waals surface area (Å²) in [5, 5.41) is 5.83. The highest BCUT2D eigenvalue weighted by molar-refractivity contribution is 6.58. The van der Waals surface area contributed by atoms with Crippen LogP contribution in [-0.2, 0) is 16.1 Å². The maximum atomic E-state index is 16.1. The second-order valence-electron chi connectivity index (χ2n) is 14.8. The molecular weight excluding hydrogens is 725 g/mol. The first kappa shape index (κ1) is 39.5. The molecule has 0 unspecified atom stereocenters. The number of rotatable bonds is 19. The van der Waals surface area contributed by atoms with Crippen LogP contribution in [0, 0.1) is 0 Å². The van der Waals surface area contributed by atoms with Crippen LogP contribution in [0.1, 0.15) is 79.6 Å². The number of nitrogens with one attached hydrogen (secondary N) is 3. The number of aromatic amines is 1. The van der Waals surface area contributed by atoms with E-state index < -0.39 is 6.97 Å². The van der Waals surface area contributed by atoms with Gasteiger partial charge >= 0.3 is 6.97 Å². The first-order valence-electron chi connectivity index (χ1n) is 20.2. The third-order valence-corrected chi connectivity index (χ3v) is 10.5. The molecule has 3 aliphatic heterocycles. The lowest BCUT2D eigenvalue weighted by Crippen LogP contribution is -2.50. The predicted octanol–water partition coefficient (Wildman–Crippen LogP) is 7.26. The van der Waals surface area contributed by atoms with Crippen LogP contribution in [-0.4, -0.2) is 82.7 Å². The molecule has 0 radical (unpaired) electrons. The zero-order chi connectivity index (χ0) is 39.5. The van der Waals surface area contributed by atoms with Crippen molar-refractivity contribution in [3.05, 3.63) is 125 Å². The summed E-state index contributed by atoms with van der Waals surface area (Å²) >= 11 is 0. The average molecular weight is 777 g/mol. The largest absolute Gasteiger partial charge is 0.737 e. The lowest BCUT2D eigenvalue weighted by Gasteiger charge is -2.30. The van der Waals surface area contributed by atoms with Crippen molar-refractivity contribution in [3.63, 3.8) is 0 Å². The SMILES string of the molecule is O=C(CCCCCNC(=O)COc1ccc(/C=C/c2ccc3n2[B-](F)(F)[N+]2=C(c4ccc[nH]4)C=CC2=C3)cc1)NCCCOc1cccc(CN2CCCCC2)c1. The van der Waals surface area contributed by atoms with Gasteiger partial charge in [0.15, 0.2) is 18.0 Å². The van der Waals surface area contributed by atoms with Crippen molar-refractivity contribution in [2.45, 2.75) is 57.9 Å². The molecular formula is C44H51BF2N6O4. The van der Waals surface area contributed by atoms with E-state index in [1.165, 1.54) is 37.9 Å². The number of hydrogen-bond acceptors (Lipinski definition) is 5. The molecule has 57 heavy (non-hydrogen) atoms. The van der Waals surface area contributed by atoms with Crippen molar-refractivity contribution in [3.8, 4) is 11.5 Å². The van der Waals surface area contributed by atoms with Crippen LogP contribution < -0.4 is 20.1 Å². The second kappa shape index (κ2) is 19.0. The number of amides is 2. The van der Waals surface area contributed by atoms with Crippen LogP contribution in [0.25, 0.3) is 18.2 Å². The molecule has 0 spiro atoms. The molecule has 3 aliphatic rings. The summed E-state index contributed by atoms with van der Waals surface area (Å²) < 4.78 is 45.9. The van der Waals surface area contributed by atoms with Crippen molar-refractivity contribution in [2.75, 3.05) is 39.4 Å². The lowest BCUT2D eigenvalue weighted by atomic mass is 9.90. The number of unbranched alkanes of at least 4 members (excludes halogenated alkanes) is 2. The van der Waals surface area contributed by atoms with E-state index in [0.29, 0.717) is 60.4 Å². The Bertz CT molecular complexity index is 2120. The lowest BCUT2D eigenvalue weighted by molar-refractivity contribution is -0.360. The van der Waals surface area contributed by atoms with Gasteiger partial charge in [-0.25, -0.2) is 0 Å². The van der Waals surface area contributed by atoms with Crippen LogP contribution in [0.5, 0.6) is 11.5 Å². The molecule has 0 aliphatic carbocycles. The molecule has 2 aromatic carbocycles. The van der Waals surface area contributed by atoms with Crippen LogP contribution in [0.15, 0.2) is 96.8 Å². The van der Waals surface area contributed by atoms with Crippen molar-refractivity contribution in [1.29, 1.82) is 0 Å². The number of H-pyrrole nitrogens is 1. The van der Waals surface area contributed by atoms with Gasteiger partial charge in [-0.15, -0.1) is 0 Å². The molecule has 0 atom stereocenters. The van der Waals surface area contributed by atoms with Gasteiger partial charge in [-0.1, -0.05) is 43.2 Å². The zero-order valence-electron chi connectivity index (χ0n) is 32.3. The first-order chi connectivity index (χ1) is 27.8. The Kier molecular flexibility index (Phi) is 13.2. The molecule has 1 fully saturated rings. The van der Waals surface area contributed by atoms with Gasteiger partial charge in [0.2, 0.25) is 5.91 Å². The molecule has 2 amide bonds. The van der Waals surface area contributed by atoms with Gasteiger partial charge in [-0.2, -0.15) is 0 Å². The van der Waals surface area contributed by atoms with Gasteiger partial charge < -0.3 is 42.7 Å². The normalized spacial score (nSPS) is 16.0. The van der Waals surface area contributed by atoms with E-state index in [4.69, 9.17) is 9.47 Å². The van der Waals surface area contributed by atoms with Crippen LogP contribution in [0.2, 0.25) is 0 Å². The Labute approximate surface area is 333 Å². The maximum absolute atomic E-state index is 16.1. The number of allylic oxidation sites excluding steroid dienone is 2. The molecule has 298 valence electrons. The van der Waals surface area contributed by atoms with Crippen molar-refractivity contribution < 1.29 is 32.2 Å². The number of aromatic nitrogens is 2. The average Bonchev–Trinajstić information content (AvgIpc) is 4.00. The maximum Gasteiger partial charge on any atom is 0.737 e. The van der Waals surface area contributed by atoms with Gasteiger partial charge in [0.05, 0.1) is 6.61 Å². The van der Waals surface area contributed by atoms with Crippen LogP contribution in [0.3, 0.4) is 0 Å². The summed E-state index contributed by atoms with van der Waals surface area (Å²) in [5.41, 5.74) is 4.43. The van der Waals surface area contributed by atoms with Crippen molar-refractivity contribution >= 4 is 42.7 Å². The minimum Gasteiger partial charge on any atom is -0.494 e. The van der Waals surface area contributed by atoms with Crippen molar-refractivity contribution in [2.24, 2.45) is 0 Å². The molecule has 13 heteroatoms. The number of piperidine rings is 1. The molecule has 1 saturated heterocycles. The number of nitrogens with zero attached hydrogens (tertiary/aromatic N) is 3. The fourth-order valence-electron chi connectivity index (χ4n) is 7.56. The van der Waals surface area contributed by atoms with Gasteiger partial charge in [-0.3, -0.25) is 14.5 Å². The summed E-state index contributed by atoms with van der Waals surface area (Å²) in [6.07, 6.45) is 17.8. The Hall–Kier alpha value is -5.69. The number of halogens is 2. The van der Waals surface area contributed by atoms with E-state index in [2.05, 4.69) is 32.7 Å². The summed E-state index contributed by atoms with van der Waals surface area (Å²) in [7, 11) is 0. The van der Waals surface area contributed by atoms with E-state index in [-0.39, 0.29) is 18.4 Å². The van der Waals surface area contributed by atoms with Crippen LogP contribution >= 0.6 is 0 Å². The van der Waals surface area contributed by atoms with E-state index in [1.807, 2.05) is 24.3 Å². The minimum absolute atomic E-state index is 0.0281. The summed E-state index contributed by atoms with van der Waals surface area (Å²) in [5.74, 6) is 1.20. The van der Waals surface area contributed by atoms with Gasteiger partial charge in [0.1, 0.15) is 17.2 Å². The second-order valence-corrected chi connectivity index (χ2v) is 14.8. The predicted molar refractivity (Wildman–Crippen MR) is 221 cm³/mol. The first-order valence-corrected chi connectivity index (χ1v) is 20.2. The molecule has 4 aromatic rings. The Balaban J connectivity index is 0.747. The summed E-state index contributed by atoms with van der Waals surface area (Å²) in [6, 6.07) is 22.4. The number of carbonyl (C=O) groups is 2. The van der Waals surface area contributed by atoms with Gasteiger partial charge in [0, 0.05) is 61.9 Å². The number of benzene rings is 2. The molecule has 7 rings (SSSR count). The number of likely N-dealkylation sites (tertiary alicyclic amines) is 1. The minimum atomic E-state index is -4.14. The van der Waals surface area contributed by atoms with Gasteiger partial charge in [-0.05, 0) is 111 Å². The fraction of sp³-hybridized carbons (Fsp3) is 0.341. The van der Waals surface area contributed by atoms with Crippen LogP contribution in [0.4, 0.5) is 8.63 Å². The fourth-order valence-corrected chi connectivity index (χ4v) is 7.56. The monoisotopic (exact) mass is 776 g/mol. The van der Waals surface area contributed by atoms with E-state index in [1.54, 1.807) is 73.0 Å². The van der Waals surface area contributed by atoms with Gasteiger partial charge in [0.25, 0.3) is 5.91 Å². The molecule has 0 saturated carbocycles. The number of hydrogen-bond donors (Lipinski definition) is 3. The number of carbonyl (C=O) groups excluding carboxylic acids is 2. The molecule has 0 bridgehead atoms. The molecule has 3 N–H and O–H groups in total. The topological polar surface area (TPSA) is 104 Å². The highest BCUT2D eigenvalue weighted by Gasteiger charge is 2.52. The van der Waals surface area contributed by atoms with Crippen molar-refractivity contribution in [1.82, 2.24) is 25.0 Å². The number of ether oxygens (including phenoxy) is 2. The highest BCUT2D eigenvalue weighted by atomic mass is 19.2. The standard InChI is InChI=1S/C44H51BF2N6O4/c46-45(47)52-36(18-19-37(52)31-38-20-23-42(53(38)45)41-12-8-25-48-41)17-14-34-15-21-39(22-16-34)57-33-44(55)50-24-4-1-3-13-43(54)49-26-9-29-56-40-11-7-10-35(30-40)32-51-27-5-2-6-28-51/h7-8,10-12,14-23,25,30-31,48H,1-6,9,13,24,26-29,32-33H2,(H,49,54)(H,50,55)/b17-14+. The zero-order valence-corrected chi connectivity index (χ0v) is 32.3.